The summed E-state index contributed by atoms with van der Waals surface area (Å²) in [5.41, 5.74) is 0.175. The molecule has 0 amide bonds. The van der Waals surface area contributed by atoms with E-state index in [-0.39, 0.29) is 17.3 Å². The molecule has 2 fully saturated rings. The Balaban J connectivity index is 1.81. The van der Waals surface area contributed by atoms with E-state index in [2.05, 4.69) is 5.32 Å². The van der Waals surface area contributed by atoms with Gasteiger partial charge in [0.05, 0.1) is 12.7 Å². The molecule has 2 bridgehead atoms. The SMILES string of the molecule is COc1ccc(F)c(C(=O)C2CC3CCCC(C2)N3)c1. The van der Waals surface area contributed by atoms with Gasteiger partial charge in [-0.05, 0) is 43.9 Å². The molecule has 20 heavy (non-hydrogen) atoms. The number of halogens is 1. The molecule has 0 radical (unpaired) electrons. The van der Waals surface area contributed by atoms with Crippen molar-refractivity contribution in [2.24, 2.45) is 5.92 Å². The van der Waals surface area contributed by atoms with Gasteiger partial charge in [0, 0.05) is 18.0 Å². The van der Waals surface area contributed by atoms with Crippen molar-refractivity contribution in [1.82, 2.24) is 5.32 Å². The zero-order valence-electron chi connectivity index (χ0n) is 11.7. The minimum absolute atomic E-state index is 0.0619. The third kappa shape index (κ3) is 2.57. The van der Waals surface area contributed by atoms with Crippen molar-refractivity contribution in [3.05, 3.63) is 29.6 Å². The van der Waals surface area contributed by atoms with Crippen LogP contribution in [0, 0.1) is 11.7 Å². The van der Waals surface area contributed by atoms with Crippen LogP contribution in [0.4, 0.5) is 4.39 Å². The topological polar surface area (TPSA) is 38.3 Å². The quantitative estimate of drug-likeness (QED) is 0.863. The molecule has 108 valence electrons. The fraction of sp³-hybridized carbons (Fsp3) is 0.562. The van der Waals surface area contributed by atoms with E-state index in [9.17, 15) is 9.18 Å². The summed E-state index contributed by atoms with van der Waals surface area (Å²) in [5.74, 6) is -0.0451. The van der Waals surface area contributed by atoms with Crippen LogP contribution in [-0.2, 0) is 0 Å². The molecule has 1 aromatic rings. The van der Waals surface area contributed by atoms with Crippen LogP contribution in [-0.4, -0.2) is 25.0 Å². The van der Waals surface area contributed by atoms with E-state index in [4.69, 9.17) is 4.74 Å². The van der Waals surface area contributed by atoms with Crippen molar-refractivity contribution in [2.75, 3.05) is 7.11 Å². The van der Waals surface area contributed by atoms with Gasteiger partial charge in [-0.15, -0.1) is 0 Å². The molecule has 0 aliphatic carbocycles. The molecule has 0 spiro atoms. The van der Waals surface area contributed by atoms with Crippen molar-refractivity contribution < 1.29 is 13.9 Å². The van der Waals surface area contributed by atoms with Crippen LogP contribution in [0.3, 0.4) is 0 Å². The highest BCUT2D eigenvalue weighted by molar-refractivity contribution is 5.98. The van der Waals surface area contributed by atoms with Gasteiger partial charge < -0.3 is 10.1 Å². The minimum Gasteiger partial charge on any atom is -0.497 e. The average molecular weight is 277 g/mol. The first-order chi connectivity index (χ1) is 9.67. The van der Waals surface area contributed by atoms with Gasteiger partial charge in [0.2, 0.25) is 0 Å². The number of hydrogen-bond donors (Lipinski definition) is 1. The molecule has 4 heteroatoms. The predicted octanol–water partition coefficient (Wildman–Crippen LogP) is 2.94. The number of hydrogen-bond acceptors (Lipinski definition) is 3. The van der Waals surface area contributed by atoms with Gasteiger partial charge in [-0.2, -0.15) is 0 Å². The highest BCUT2D eigenvalue weighted by Gasteiger charge is 2.35. The fourth-order valence-electron chi connectivity index (χ4n) is 3.52. The van der Waals surface area contributed by atoms with Crippen LogP contribution < -0.4 is 10.1 Å². The Morgan fingerprint density at radius 1 is 1.30 bits per heavy atom. The van der Waals surface area contributed by atoms with Crippen LogP contribution in [0.1, 0.15) is 42.5 Å². The second-order valence-electron chi connectivity index (χ2n) is 5.87. The lowest BCUT2D eigenvalue weighted by atomic mass is 9.77. The van der Waals surface area contributed by atoms with E-state index in [0.29, 0.717) is 17.8 Å². The summed E-state index contributed by atoms with van der Waals surface area (Å²) < 4.78 is 19.0. The fourth-order valence-corrected chi connectivity index (χ4v) is 3.52. The van der Waals surface area contributed by atoms with E-state index >= 15 is 0 Å². The zero-order valence-corrected chi connectivity index (χ0v) is 11.7. The number of nitrogens with one attached hydrogen (secondary N) is 1. The van der Waals surface area contributed by atoms with Gasteiger partial charge in [0.25, 0.3) is 0 Å². The van der Waals surface area contributed by atoms with Crippen molar-refractivity contribution in [2.45, 2.75) is 44.2 Å². The number of carbonyl (C=O) groups is 1. The Morgan fingerprint density at radius 2 is 2.00 bits per heavy atom. The first-order valence-electron chi connectivity index (χ1n) is 7.31. The number of ether oxygens (including phenoxy) is 1. The summed E-state index contributed by atoms with van der Waals surface area (Å²) in [6.07, 6.45) is 5.14. The van der Waals surface area contributed by atoms with Gasteiger partial charge in [-0.1, -0.05) is 6.42 Å². The van der Waals surface area contributed by atoms with E-state index in [1.165, 1.54) is 25.7 Å². The second kappa shape index (κ2) is 5.52. The maximum Gasteiger partial charge on any atom is 0.169 e. The molecular formula is C16H20FNO2. The highest BCUT2D eigenvalue weighted by atomic mass is 19.1. The molecule has 2 atom stereocenters. The van der Waals surface area contributed by atoms with E-state index in [1.807, 2.05) is 0 Å². The molecule has 2 unspecified atom stereocenters. The Labute approximate surface area is 118 Å². The molecule has 2 aliphatic rings. The largest absolute Gasteiger partial charge is 0.497 e. The van der Waals surface area contributed by atoms with Crippen LogP contribution in [0.25, 0.3) is 0 Å². The number of Topliss-reactive ketones (excluding diaryl/α,β-unsaturated/α-hetero) is 1. The third-order valence-electron chi connectivity index (χ3n) is 4.52. The first-order valence-corrected chi connectivity index (χ1v) is 7.31. The Hall–Kier alpha value is -1.42. The number of ketones is 1. The van der Waals surface area contributed by atoms with Crippen molar-refractivity contribution >= 4 is 5.78 Å². The summed E-state index contributed by atoms with van der Waals surface area (Å²) in [7, 11) is 1.52. The highest BCUT2D eigenvalue weighted by Crippen LogP contribution is 2.32. The molecule has 1 N–H and O–H groups in total. The van der Waals surface area contributed by atoms with Crippen molar-refractivity contribution in [1.29, 1.82) is 0 Å². The van der Waals surface area contributed by atoms with Crippen molar-refractivity contribution in [3.63, 3.8) is 0 Å². The second-order valence-corrected chi connectivity index (χ2v) is 5.87. The third-order valence-corrected chi connectivity index (χ3v) is 4.52. The summed E-state index contributed by atoms with van der Waals surface area (Å²) in [5, 5.41) is 3.56. The van der Waals surface area contributed by atoms with E-state index in [0.717, 1.165) is 25.7 Å². The molecule has 0 aromatic heterocycles. The van der Waals surface area contributed by atoms with Crippen LogP contribution in [0.5, 0.6) is 5.75 Å². The van der Waals surface area contributed by atoms with Crippen molar-refractivity contribution in [3.8, 4) is 5.75 Å². The molecule has 2 heterocycles. The normalized spacial score (nSPS) is 29.0. The van der Waals surface area contributed by atoms with Crippen LogP contribution >= 0.6 is 0 Å². The predicted molar refractivity (Wildman–Crippen MR) is 74.6 cm³/mol. The monoisotopic (exact) mass is 277 g/mol. The lowest BCUT2D eigenvalue weighted by Gasteiger charge is -2.39. The Bertz CT molecular complexity index is 505. The van der Waals surface area contributed by atoms with Gasteiger partial charge in [-0.25, -0.2) is 4.39 Å². The summed E-state index contributed by atoms with van der Waals surface area (Å²) in [6.45, 7) is 0. The van der Waals surface area contributed by atoms with Gasteiger partial charge in [-0.3, -0.25) is 4.79 Å². The maximum atomic E-state index is 13.9. The number of methoxy groups -OCH3 is 1. The van der Waals surface area contributed by atoms with Crippen LogP contribution in [0.15, 0.2) is 18.2 Å². The molecule has 3 rings (SSSR count). The smallest absolute Gasteiger partial charge is 0.169 e. The van der Waals surface area contributed by atoms with Gasteiger partial charge in [0.15, 0.2) is 5.78 Å². The number of fused-ring (bicyclic) bond motifs is 2. The zero-order chi connectivity index (χ0) is 14.1. The lowest BCUT2D eigenvalue weighted by Crippen LogP contribution is -2.50. The first kappa shape index (κ1) is 13.6. The average Bonchev–Trinajstić information content (AvgIpc) is 2.46. The molecule has 1 aromatic carbocycles. The number of carbonyl (C=O) groups excluding carboxylic acids is 1. The standard InChI is InChI=1S/C16H20FNO2/c1-20-13-5-6-15(17)14(9-13)16(19)10-7-11-3-2-4-12(8-10)18-11/h5-6,9-12,18H,2-4,7-8H2,1H3. The maximum absolute atomic E-state index is 13.9. The summed E-state index contributed by atoms with van der Waals surface area (Å²) in [6, 6.07) is 5.22. The summed E-state index contributed by atoms with van der Waals surface area (Å²) in [4.78, 5) is 12.6. The van der Waals surface area contributed by atoms with E-state index < -0.39 is 5.82 Å². The summed E-state index contributed by atoms with van der Waals surface area (Å²) >= 11 is 0. The van der Waals surface area contributed by atoms with Gasteiger partial charge >= 0.3 is 0 Å². The lowest BCUT2D eigenvalue weighted by molar-refractivity contribution is 0.0820. The number of piperidine rings is 2. The molecule has 3 nitrogen and oxygen atoms in total. The molecule has 0 saturated carbocycles. The molecule has 2 aliphatic heterocycles. The Kier molecular flexibility index (Phi) is 3.74. The number of benzene rings is 1. The Morgan fingerprint density at radius 3 is 2.65 bits per heavy atom. The minimum atomic E-state index is -0.445. The van der Waals surface area contributed by atoms with E-state index in [1.54, 1.807) is 6.07 Å². The number of rotatable bonds is 3. The van der Waals surface area contributed by atoms with Gasteiger partial charge in [0.1, 0.15) is 11.6 Å². The van der Waals surface area contributed by atoms with Crippen LogP contribution in [0.2, 0.25) is 0 Å². The molecular weight excluding hydrogens is 257 g/mol. The molecule has 2 saturated heterocycles.